The molecule has 0 aromatic heterocycles. The molecule has 0 spiro atoms. The van der Waals surface area contributed by atoms with Crippen molar-refractivity contribution in [3.63, 3.8) is 0 Å². The summed E-state index contributed by atoms with van der Waals surface area (Å²) < 4.78 is 37.6. The SMILES string of the molecule is CCC1(CC)CC(NC(=O)CCCN(c2cccc(OC)c2)S(C)(=O)=O)c2ccccc2O1. The molecule has 1 atom stereocenters. The molecule has 1 unspecified atom stereocenters. The van der Waals surface area contributed by atoms with Crippen LogP contribution in [0.3, 0.4) is 0 Å². The molecule has 0 saturated carbocycles. The Kier molecular flexibility index (Phi) is 7.89. The zero-order valence-electron chi connectivity index (χ0n) is 19.8. The minimum absolute atomic E-state index is 0.100. The van der Waals surface area contributed by atoms with Gasteiger partial charge in [0, 0.05) is 31.0 Å². The van der Waals surface area contributed by atoms with E-state index in [1.165, 1.54) is 17.7 Å². The molecule has 0 saturated heterocycles. The molecule has 1 N–H and O–H groups in total. The lowest BCUT2D eigenvalue weighted by molar-refractivity contribution is -0.122. The van der Waals surface area contributed by atoms with Gasteiger partial charge < -0.3 is 14.8 Å². The van der Waals surface area contributed by atoms with E-state index >= 15 is 0 Å². The number of hydrogen-bond donors (Lipinski definition) is 1. The zero-order chi connectivity index (χ0) is 24.1. The molecule has 1 amide bonds. The third kappa shape index (κ3) is 5.99. The van der Waals surface area contributed by atoms with E-state index in [1.807, 2.05) is 24.3 Å². The van der Waals surface area contributed by atoms with Crippen LogP contribution in [0, 0.1) is 0 Å². The number of hydrogen-bond acceptors (Lipinski definition) is 5. The van der Waals surface area contributed by atoms with Gasteiger partial charge in [0.2, 0.25) is 15.9 Å². The number of carbonyl (C=O) groups is 1. The molecule has 8 heteroatoms. The van der Waals surface area contributed by atoms with Gasteiger partial charge in [0.15, 0.2) is 0 Å². The topological polar surface area (TPSA) is 84.9 Å². The van der Waals surface area contributed by atoms with E-state index < -0.39 is 10.0 Å². The highest BCUT2D eigenvalue weighted by Gasteiger charge is 2.38. The summed E-state index contributed by atoms with van der Waals surface area (Å²) in [6.07, 6.45) is 4.21. The average molecular weight is 475 g/mol. The van der Waals surface area contributed by atoms with Gasteiger partial charge in [-0.15, -0.1) is 0 Å². The van der Waals surface area contributed by atoms with Gasteiger partial charge in [-0.3, -0.25) is 9.10 Å². The van der Waals surface area contributed by atoms with E-state index in [0.717, 1.165) is 24.2 Å². The molecular formula is C25H34N2O5S. The molecule has 33 heavy (non-hydrogen) atoms. The van der Waals surface area contributed by atoms with E-state index in [-0.39, 0.29) is 30.5 Å². The first kappa shape index (κ1) is 24.9. The van der Waals surface area contributed by atoms with E-state index in [9.17, 15) is 13.2 Å². The second-order valence-electron chi connectivity index (χ2n) is 8.49. The van der Waals surface area contributed by atoms with Crippen LogP contribution in [0.4, 0.5) is 5.69 Å². The summed E-state index contributed by atoms with van der Waals surface area (Å²) in [6.45, 7) is 4.42. The molecule has 1 aliphatic heterocycles. The van der Waals surface area contributed by atoms with Gasteiger partial charge in [0.25, 0.3) is 0 Å². The Morgan fingerprint density at radius 3 is 2.58 bits per heavy atom. The highest BCUT2D eigenvalue weighted by molar-refractivity contribution is 7.92. The predicted molar refractivity (Wildman–Crippen MR) is 130 cm³/mol. The number of amides is 1. The van der Waals surface area contributed by atoms with Crippen molar-refractivity contribution in [2.75, 3.05) is 24.2 Å². The fourth-order valence-corrected chi connectivity index (χ4v) is 5.29. The number of nitrogens with zero attached hydrogens (tertiary/aromatic N) is 1. The minimum atomic E-state index is -3.50. The molecule has 2 aromatic rings. The maximum absolute atomic E-state index is 12.8. The van der Waals surface area contributed by atoms with Crippen molar-refractivity contribution in [1.82, 2.24) is 5.32 Å². The van der Waals surface area contributed by atoms with Crippen LogP contribution in [0.2, 0.25) is 0 Å². The average Bonchev–Trinajstić information content (AvgIpc) is 2.80. The summed E-state index contributed by atoms with van der Waals surface area (Å²) >= 11 is 0. The number of ether oxygens (including phenoxy) is 2. The first-order valence-electron chi connectivity index (χ1n) is 11.4. The van der Waals surface area contributed by atoms with Crippen molar-refractivity contribution in [2.45, 2.75) is 57.6 Å². The summed E-state index contributed by atoms with van der Waals surface area (Å²) in [5, 5.41) is 3.16. The number of methoxy groups -OCH3 is 1. The van der Waals surface area contributed by atoms with Crippen molar-refractivity contribution in [1.29, 1.82) is 0 Å². The summed E-state index contributed by atoms with van der Waals surface area (Å²) in [6, 6.07) is 14.6. The predicted octanol–water partition coefficient (Wildman–Crippen LogP) is 4.44. The van der Waals surface area contributed by atoms with E-state index in [1.54, 1.807) is 24.3 Å². The van der Waals surface area contributed by atoms with Gasteiger partial charge >= 0.3 is 0 Å². The van der Waals surface area contributed by atoms with Crippen LogP contribution in [-0.4, -0.2) is 39.8 Å². The van der Waals surface area contributed by atoms with Crippen molar-refractivity contribution in [3.05, 3.63) is 54.1 Å². The number of nitrogens with one attached hydrogen (secondary N) is 1. The van der Waals surface area contributed by atoms with Crippen LogP contribution >= 0.6 is 0 Å². The highest BCUT2D eigenvalue weighted by Crippen LogP contribution is 2.42. The summed E-state index contributed by atoms with van der Waals surface area (Å²) in [5.74, 6) is 1.29. The third-order valence-electron chi connectivity index (χ3n) is 6.33. The van der Waals surface area contributed by atoms with E-state index in [4.69, 9.17) is 9.47 Å². The van der Waals surface area contributed by atoms with Crippen molar-refractivity contribution >= 4 is 21.6 Å². The van der Waals surface area contributed by atoms with E-state index in [0.29, 0.717) is 24.3 Å². The third-order valence-corrected chi connectivity index (χ3v) is 7.52. The monoisotopic (exact) mass is 474 g/mol. The normalized spacial score (nSPS) is 16.9. The molecule has 2 aromatic carbocycles. The Balaban J connectivity index is 1.66. The fourth-order valence-electron chi connectivity index (χ4n) is 4.33. The number of rotatable bonds is 10. The molecule has 0 radical (unpaired) electrons. The minimum Gasteiger partial charge on any atom is -0.497 e. The number of fused-ring (bicyclic) bond motifs is 1. The quantitative estimate of drug-likeness (QED) is 0.550. The van der Waals surface area contributed by atoms with Gasteiger partial charge in [-0.2, -0.15) is 0 Å². The highest BCUT2D eigenvalue weighted by atomic mass is 32.2. The van der Waals surface area contributed by atoms with Crippen LogP contribution in [0.5, 0.6) is 11.5 Å². The largest absolute Gasteiger partial charge is 0.497 e. The maximum atomic E-state index is 12.8. The Hall–Kier alpha value is -2.74. The second kappa shape index (κ2) is 10.5. The zero-order valence-corrected chi connectivity index (χ0v) is 20.7. The lowest BCUT2D eigenvalue weighted by Gasteiger charge is -2.41. The second-order valence-corrected chi connectivity index (χ2v) is 10.4. The molecular weight excluding hydrogens is 440 g/mol. The standard InChI is InChI=1S/C25H34N2O5S/c1-5-25(6-2)18-22(21-13-7-8-14-23(21)32-25)26-24(28)15-10-16-27(33(4,29)30)19-11-9-12-20(17-19)31-3/h7-9,11-14,17,22H,5-6,10,15-16,18H2,1-4H3,(H,26,28). The summed E-state index contributed by atoms with van der Waals surface area (Å²) in [4.78, 5) is 12.8. The Morgan fingerprint density at radius 1 is 1.18 bits per heavy atom. The van der Waals surface area contributed by atoms with Crippen LogP contribution in [0.15, 0.2) is 48.5 Å². The molecule has 0 bridgehead atoms. The van der Waals surface area contributed by atoms with Gasteiger partial charge in [-0.25, -0.2) is 8.42 Å². The maximum Gasteiger partial charge on any atom is 0.232 e. The number of sulfonamides is 1. The molecule has 1 heterocycles. The molecule has 0 aliphatic carbocycles. The van der Waals surface area contributed by atoms with Crippen LogP contribution < -0.4 is 19.1 Å². The lowest BCUT2D eigenvalue weighted by atomic mass is 9.83. The first-order chi connectivity index (χ1) is 15.7. The Morgan fingerprint density at radius 2 is 1.91 bits per heavy atom. The molecule has 1 aliphatic rings. The first-order valence-corrected chi connectivity index (χ1v) is 13.2. The summed E-state index contributed by atoms with van der Waals surface area (Å²) in [5.41, 5.74) is 1.20. The Labute approximate surface area is 197 Å². The van der Waals surface area contributed by atoms with Gasteiger partial charge in [-0.05, 0) is 37.5 Å². The smallest absolute Gasteiger partial charge is 0.232 e. The molecule has 0 fully saturated rings. The van der Waals surface area contributed by atoms with Gasteiger partial charge in [0.1, 0.15) is 17.1 Å². The van der Waals surface area contributed by atoms with Crippen LogP contribution in [-0.2, 0) is 14.8 Å². The lowest BCUT2D eigenvalue weighted by Crippen LogP contribution is -2.44. The van der Waals surface area contributed by atoms with Crippen LogP contribution in [0.25, 0.3) is 0 Å². The summed E-state index contributed by atoms with van der Waals surface area (Å²) in [7, 11) is -1.96. The van der Waals surface area contributed by atoms with Gasteiger partial charge in [0.05, 0.1) is 25.1 Å². The number of anilines is 1. The molecule has 3 rings (SSSR count). The number of benzene rings is 2. The van der Waals surface area contributed by atoms with E-state index in [2.05, 4.69) is 19.2 Å². The number of carbonyl (C=O) groups excluding carboxylic acids is 1. The fraction of sp³-hybridized carbons (Fsp3) is 0.480. The Bertz CT molecular complexity index is 1070. The van der Waals surface area contributed by atoms with Crippen LogP contribution in [0.1, 0.15) is 57.6 Å². The van der Waals surface area contributed by atoms with Crippen molar-refractivity contribution in [3.8, 4) is 11.5 Å². The number of para-hydroxylation sites is 1. The van der Waals surface area contributed by atoms with Crippen molar-refractivity contribution in [2.24, 2.45) is 0 Å². The van der Waals surface area contributed by atoms with Crippen molar-refractivity contribution < 1.29 is 22.7 Å². The van der Waals surface area contributed by atoms with Gasteiger partial charge in [-0.1, -0.05) is 38.1 Å². The molecule has 7 nitrogen and oxygen atoms in total. The molecule has 180 valence electrons.